The van der Waals surface area contributed by atoms with E-state index in [-0.39, 0.29) is 0 Å². The van der Waals surface area contributed by atoms with Gasteiger partial charge in [-0.3, -0.25) is 0 Å². The minimum atomic E-state index is 0.405. The molecule has 2 atom stereocenters. The summed E-state index contributed by atoms with van der Waals surface area (Å²) in [6, 6.07) is 9.52. The molecule has 0 saturated heterocycles. The van der Waals surface area contributed by atoms with Gasteiger partial charge >= 0.3 is 0 Å². The van der Waals surface area contributed by atoms with E-state index in [0.29, 0.717) is 12.1 Å². The van der Waals surface area contributed by atoms with Crippen LogP contribution in [-0.2, 0) is 0 Å². The van der Waals surface area contributed by atoms with Crippen molar-refractivity contribution in [3.8, 4) is 0 Å². The molecule has 0 aromatic heterocycles. The Bertz CT molecular complexity index is 322. The van der Waals surface area contributed by atoms with Crippen LogP contribution in [0.1, 0.15) is 52.1 Å². The molecule has 0 fully saturated rings. The zero-order valence-corrected chi connectivity index (χ0v) is 11.6. The van der Waals surface area contributed by atoms with Crippen LogP contribution in [-0.4, -0.2) is 12.6 Å². The van der Waals surface area contributed by atoms with Crippen molar-refractivity contribution < 1.29 is 0 Å². The molecule has 0 spiro atoms. The van der Waals surface area contributed by atoms with E-state index in [1.807, 2.05) is 0 Å². The third kappa shape index (κ3) is 4.39. The molecule has 17 heavy (non-hydrogen) atoms. The Balaban J connectivity index is 2.76. The Kier molecular flexibility index (Phi) is 6.06. The molecule has 96 valence electrons. The summed E-state index contributed by atoms with van der Waals surface area (Å²) in [5.41, 5.74) is 2.62. The van der Waals surface area contributed by atoms with Crippen LogP contribution in [0.25, 0.3) is 0 Å². The summed E-state index contributed by atoms with van der Waals surface area (Å²) >= 11 is 0. The van der Waals surface area contributed by atoms with E-state index in [0.717, 1.165) is 13.0 Å². The molecule has 0 aliphatic carbocycles. The second kappa shape index (κ2) is 7.33. The van der Waals surface area contributed by atoms with Gasteiger partial charge in [-0.25, -0.2) is 0 Å². The van der Waals surface area contributed by atoms with Gasteiger partial charge in [-0.05, 0) is 44.9 Å². The highest BCUT2D eigenvalue weighted by atomic mass is 14.9. The molecule has 0 bridgehead atoms. The van der Waals surface area contributed by atoms with Gasteiger partial charge in [0.1, 0.15) is 0 Å². The third-order valence-electron chi connectivity index (χ3n) is 3.14. The second-order valence-electron chi connectivity index (χ2n) is 4.72. The Morgan fingerprint density at radius 2 is 1.82 bits per heavy atom. The molecule has 0 aliphatic heterocycles. The Labute approximate surface area is 106 Å². The lowest BCUT2D eigenvalue weighted by molar-refractivity contribution is 0.570. The smallest absolute Gasteiger partial charge is 0.0390 e. The molecule has 2 unspecified atom stereocenters. The minimum Gasteiger partial charge on any atom is -0.382 e. The minimum absolute atomic E-state index is 0.405. The first-order chi connectivity index (χ1) is 8.19. The fraction of sp³-hybridized carbons (Fsp3) is 0.600. The third-order valence-corrected chi connectivity index (χ3v) is 3.14. The van der Waals surface area contributed by atoms with E-state index in [1.54, 1.807) is 0 Å². The quantitative estimate of drug-likeness (QED) is 0.746. The summed E-state index contributed by atoms with van der Waals surface area (Å²) in [5.74, 6) is 0. The highest BCUT2D eigenvalue weighted by Gasteiger charge is 2.10. The van der Waals surface area contributed by atoms with Crippen molar-refractivity contribution in [1.82, 2.24) is 5.32 Å². The zero-order valence-electron chi connectivity index (χ0n) is 11.6. The lowest BCUT2D eigenvalue weighted by Gasteiger charge is -2.21. The average molecular weight is 234 g/mol. The fourth-order valence-electron chi connectivity index (χ4n) is 1.84. The van der Waals surface area contributed by atoms with Crippen LogP contribution in [0.15, 0.2) is 24.3 Å². The molecule has 1 aromatic carbocycles. The van der Waals surface area contributed by atoms with E-state index >= 15 is 0 Å². The van der Waals surface area contributed by atoms with Crippen LogP contribution in [0.5, 0.6) is 0 Å². The lowest BCUT2D eigenvalue weighted by Crippen LogP contribution is -2.22. The number of para-hydroxylation sites is 1. The highest BCUT2D eigenvalue weighted by molar-refractivity contribution is 5.53. The first-order valence-electron chi connectivity index (χ1n) is 6.77. The Hall–Kier alpha value is -1.02. The van der Waals surface area contributed by atoms with Crippen LogP contribution in [0.4, 0.5) is 5.69 Å². The van der Waals surface area contributed by atoms with Gasteiger partial charge in [0.05, 0.1) is 0 Å². The summed E-state index contributed by atoms with van der Waals surface area (Å²) in [7, 11) is 0. The van der Waals surface area contributed by atoms with Crippen molar-refractivity contribution in [2.75, 3.05) is 11.9 Å². The van der Waals surface area contributed by atoms with E-state index in [2.05, 4.69) is 62.6 Å². The number of nitrogens with one attached hydrogen (secondary N) is 2. The van der Waals surface area contributed by atoms with Gasteiger partial charge in [0.2, 0.25) is 0 Å². The first kappa shape index (κ1) is 14.0. The first-order valence-corrected chi connectivity index (χ1v) is 6.77. The topological polar surface area (TPSA) is 24.1 Å². The summed E-state index contributed by atoms with van der Waals surface area (Å²) in [5, 5.41) is 7.12. The summed E-state index contributed by atoms with van der Waals surface area (Å²) in [4.78, 5) is 0. The van der Waals surface area contributed by atoms with Crippen LogP contribution in [0.2, 0.25) is 0 Å². The maximum Gasteiger partial charge on any atom is 0.0390 e. The van der Waals surface area contributed by atoms with Gasteiger partial charge in [-0.15, -0.1) is 0 Å². The van der Waals surface area contributed by atoms with Crippen LogP contribution >= 0.6 is 0 Å². The summed E-state index contributed by atoms with van der Waals surface area (Å²) in [6.45, 7) is 9.93. The number of anilines is 1. The standard InChI is InChI=1S/C15H26N2/c1-5-11-16-13(4)14-9-7-8-10-15(14)17-12(3)6-2/h7-10,12-13,16-17H,5-6,11H2,1-4H3. The van der Waals surface area contributed by atoms with Gasteiger partial charge in [-0.2, -0.15) is 0 Å². The van der Waals surface area contributed by atoms with E-state index in [1.165, 1.54) is 17.7 Å². The maximum atomic E-state index is 3.58. The van der Waals surface area contributed by atoms with E-state index in [4.69, 9.17) is 0 Å². The fourth-order valence-corrected chi connectivity index (χ4v) is 1.84. The van der Waals surface area contributed by atoms with Gasteiger partial charge < -0.3 is 10.6 Å². The number of hydrogen-bond donors (Lipinski definition) is 2. The molecule has 0 saturated carbocycles. The molecule has 0 heterocycles. The predicted octanol–water partition coefficient (Wildman–Crippen LogP) is 3.96. The number of hydrogen-bond acceptors (Lipinski definition) is 2. The second-order valence-corrected chi connectivity index (χ2v) is 4.72. The molecule has 2 N–H and O–H groups in total. The average Bonchev–Trinajstić information content (AvgIpc) is 2.36. The number of benzene rings is 1. The van der Waals surface area contributed by atoms with Gasteiger partial charge in [0, 0.05) is 17.8 Å². The van der Waals surface area contributed by atoms with Crippen LogP contribution < -0.4 is 10.6 Å². The van der Waals surface area contributed by atoms with Crippen molar-refractivity contribution in [2.24, 2.45) is 0 Å². The van der Waals surface area contributed by atoms with Crippen LogP contribution in [0, 0.1) is 0 Å². The van der Waals surface area contributed by atoms with Crippen LogP contribution in [0.3, 0.4) is 0 Å². The summed E-state index contributed by atoms with van der Waals surface area (Å²) < 4.78 is 0. The molecule has 2 nitrogen and oxygen atoms in total. The Morgan fingerprint density at radius 1 is 1.12 bits per heavy atom. The lowest BCUT2D eigenvalue weighted by atomic mass is 10.0. The molecular weight excluding hydrogens is 208 g/mol. The molecule has 0 aliphatic rings. The summed E-state index contributed by atoms with van der Waals surface area (Å²) in [6.07, 6.45) is 2.32. The molecular formula is C15H26N2. The number of rotatable bonds is 7. The molecule has 1 rings (SSSR count). The maximum absolute atomic E-state index is 3.58. The SMILES string of the molecule is CCCNC(C)c1ccccc1NC(C)CC. The Morgan fingerprint density at radius 3 is 2.47 bits per heavy atom. The van der Waals surface area contributed by atoms with E-state index < -0.39 is 0 Å². The van der Waals surface area contributed by atoms with Crippen molar-refractivity contribution in [2.45, 2.75) is 52.6 Å². The van der Waals surface area contributed by atoms with Crippen molar-refractivity contribution in [1.29, 1.82) is 0 Å². The van der Waals surface area contributed by atoms with Gasteiger partial charge in [0.25, 0.3) is 0 Å². The normalized spacial score (nSPS) is 14.4. The zero-order chi connectivity index (χ0) is 12.7. The molecule has 2 heteroatoms. The molecule has 0 radical (unpaired) electrons. The van der Waals surface area contributed by atoms with Crippen molar-refractivity contribution in [3.63, 3.8) is 0 Å². The molecule has 1 aromatic rings. The van der Waals surface area contributed by atoms with Crippen molar-refractivity contribution in [3.05, 3.63) is 29.8 Å². The largest absolute Gasteiger partial charge is 0.382 e. The molecule has 0 amide bonds. The van der Waals surface area contributed by atoms with E-state index in [9.17, 15) is 0 Å². The highest BCUT2D eigenvalue weighted by Crippen LogP contribution is 2.23. The monoisotopic (exact) mass is 234 g/mol. The van der Waals surface area contributed by atoms with Gasteiger partial charge in [-0.1, -0.05) is 32.0 Å². The van der Waals surface area contributed by atoms with Crippen molar-refractivity contribution >= 4 is 5.69 Å². The van der Waals surface area contributed by atoms with Gasteiger partial charge in [0.15, 0.2) is 0 Å². The predicted molar refractivity (Wildman–Crippen MR) is 76.5 cm³/mol.